The Morgan fingerprint density at radius 3 is 2.62 bits per heavy atom. The first kappa shape index (κ1) is 22.6. The SMILES string of the molecule is CC(C(=O)Nc1ccn(Cc2cccc3ccccc23)n1)n1nc(C(F)(F)F)c(Br)c1C1CC1. The largest absolute Gasteiger partial charge is 0.436 e. The van der Waals surface area contributed by atoms with E-state index in [1.807, 2.05) is 42.5 Å². The second kappa shape index (κ2) is 8.57. The first-order valence-electron chi connectivity index (χ1n) is 10.9. The molecule has 0 bridgehead atoms. The lowest BCUT2D eigenvalue weighted by atomic mass is 10.0. The minimum Gasteiger partial charge on any atom is -0.307 e. The number of hydrogen-bond acceptors (Lipinski definition) is 3. The molecule has 2 aromatic heterocycles. The highest BCUT2D eigenvalue weighted by atomic mass is 79.9. The zero-order valence-electron chi connectivity index (χ0n) is 18.2. The van der Waals surface area contributed by atoms with Gasteiger partial charge in [0.15, 0.2) is 11.5 Å². The van der Waals surface area contributed by atoms with Gasteiger partial charge >= 0.3 is 6.18 Å². The van der Waals surface area contributed by atoms with Gasteiger partial charge in [-0.3, -0.25) is 14.2 Å². The third-order valence-corrected chi connectivity index (χ3v) is 6.75. The van der Waals surface area contributed by atoms with Gasteiger partial charge in [0.05, 0.1) is 16.7 Å². The zero-order valence-corrected chi connectivity index (χ0v) is 19.8. The fourth-order valence-electron chi connectivity index (χ4n) is 4.09. The molecule has 1 fully saturated rings. The van der Waals surface area contributed by atoms with Crippen LogP contribution >= 0.6 is 15.9 Å². The Hall–Kier alpha value is -3.14. The highest BCUT2D eigenvalue weighted by Gasteiger charge is 2.43. The fourth-order valence-corrected chi connectivity index (χ4v) is 4.90. The summed E-state index contributed by atoms with van der Waals surface area (Å²) in [6, 6.07) is 14.8. The smallest absolute Gasteiger partial charge is 0.307 e. The molecule has 6 nitrogen and oxygen atoms in total. The highest BCUT2D eigenvalue weighted by molar-refractivity contribution is 9.10. The maximum absolute atomic E-state index is 13.4. The Morgan fingerprint density at radius 1 is 1.15 bits per heavy atom. The van der Waals surface area contributed by atoms with Crippen molar-refractivity contribution in [1.29, 1.82) is 0 Å². The molecule has 2 heterocycles. The van der Waals surface area contributed by atoms with Crippen molar-refractivity contribution >= 4 is 38.4 Å². The van der Waals surface area contributed by atoms with Crippen molar-refractivity contribution in [2.75, 3.05) is 5.32 Å². The number of rotatable bonds is 6. The summed E-state index contributed by atoms with van der Waals surface area (Å²) in [5, 5.41) is 13.1. The van der Waals surface area contributed by atoms with Crippen LogP contribution in [0.5, 0.6) is 0 Å². The minimum atomic E-state index is -4.61. The summed E-state index contributed by atoms with van der Waals surface area (Å²) in [5.41, 5.74) is 0.493. The molecule has 0 aliphatic heterocycles. The molecule has 0 saturated heterocycles. The van der Waals surface area contributed by atoms with Gasteiger partial charge in [-0.1, -0.05) is 42.5 Å². The van der Waals surface area contributed by atoms with Gasteiger partial charge in [-0.05, 0) is 52.0 Å². The van der Waals surface area contributed by atoms with E-state index in [0.29, 0.717) is 18.1 Å². The van der Waals surface area contributed by atoms with Crippen LogP contribution in [0.15, 0.2) is 59.2 Å². The van der Waals surface area contributed by atoms with Crippen LogP contribution in [-0.4, -0.2) is 25.5 Å². The number of nitrogens with zero attached hydrogens (tertiary/aromatic N) is 4. The summed E-state index contributed by atoms with van der Waals surface area (Å²) in [7, 11) is 0. The van der Waals surface area contributed by atoms with E-state index in [4.69, 9.17) is 0 Å². The van der Waals surface area contributed by atoms with E-state index in [0.717, 1.165) is 29.2 Å². The van der Waals surface area contributed by atoms with Gasteiger partial charge in [0.2, 0.25) is 5.91 Å². The summed E-state index contributed by atoms with van der Waals surface area (Å²) < 4.78 is 43.0. The second-order valence-electron chi connectivity index (χ2n) is 8.47. The molecule has 1 aliphatic carbocycles. The van der Waals surface area contributed by atoms with Gasteiger partial charge in [0.1, 0.15) is 6.04 Å². The van der Waals surface area contributed by atoms with Gasteiger partial charge in [0.25, 0.3) is 0 Å². The average molecular weight is 532 g/mol. The Labute approximate surface area is 201 Å². The predicted octanol–water partition coefficient (Wildman–Crippen LogP) is 6.14. The van der Waals surface area contributed by atoms with E-state index in [1.54, 1.807) is 16.9 Å². The highest BCUT2D eigenvalue weighted by Crippen LogP contribution is 2.47. The molecule has 1 amide bonds. The van der Waals surface area contributed by atoms with Crippen LogP contribution in [0.3, 0.4) is 0 Å². The number of carbonyl (C=O) groups is 1. The molecule has 10 heteroatoms. The third kappa shape index (κ3) is 4.34. The van der Waals surface area contributed by atoms with E-state index < -0.39 is 23.8 Å². The number of alkyl halides is 3. The molecule has 34 heavy (non-hydrogen) atoms. The molecule has 5 rings (SSSR count). The van der Waals surface area contributed by atoms with Crippen molar-refractivity contribution < 1.29 is 18.0 Å². The van der Waals surface area contributed by atoms with Gasteiger partial charge in [-0.15, -0.1) is 0 Å². The van der Waals surface area contributed by atoms with Crippen LogP contribution in [0.4, 0.5) is 19.0 Å². The van der Waals surface area contributed by atoms with Crippen molar-refractivity contribution in [1.82, 2.24) is 19.6 Å². The number of halogens is 4. The quantitative estimate of drug-likeness (QED) is 0.325. The Balaban J connectivity index is 1.34. The summed E-state index contributed by atoms with van der Waals surface area (Å²) in [6.45, 7) is 2.05. The zero-order chi connectivity index (χ0) is 24.0. The molecule has 1 aliphatic rings. The summed E-state index contributed by atoms with van der Waals surface area (Å²) in [4.78, 5) is 12.9. The molecule has 0 radical (unpaired) electrons. The normalized spacial score (nSPS) is 15.0. The van der Waals surface area contributed by atoms with E-state index in [2.05, 4.69) is 31.4 Å². The van der Waals surface area contributed by atoms with Crippen LogP contribution in [-0.2, 0) is 17.5 Å². The lowest BCUT2D eigenvalue weighted by Crippen LogP contribution is -2.26. The molecule has 1 saturated carbocycles. The Morgan fingerprint density at radius 2 is 1.88 bits per heavy atom. The van der Waals surface area contributed by atoms with E-state index >= 15 is 0 Å². The summed E-state index contributed by atoms with van der Waals surface area (Å²) in [6.07, 6.45) is -1.31. The maximum atomic E-state index is 13.4. The minimum absolute atomic E-state index is 0.0341. The van der Waals surface area contributed by atoms with Crippen LogP contribution in [0.2, 0.25) is 0 Å². The Kier molecular flexibility index (Phi) is 5.71. The van der Waals surface area contributed by atoms with Crippen molar-refractivity contribution in [3.63, 3.8) is 0 Å². The van der Waals surface area contributed by atoms with Gasteiger partial charge in [-0.25, -0.2) is 0 Å². The third-order valence-electron chi connectivity index (χ3n) is 5.97. The molecule has 2 aromatic carbocycles. The van der Waals surface area contributed by atoms with Crippen molar-refractivity contribution in [2.45, 2.75) is 44.4 Å². The average Bonchev–Trinajstić information content (AvgIpc) is 3.44. The number of hydrogen-bond donors (Lipinski definition) is 1. The summed E-state index contributed by atoms with van der Waals surface area (Å²) in [5.74, 6) is -0.193. The van der Waals surface area contributed by atoms with E-state index in [9.17, 15) is 18.0 Å². The molecule has 176 valence electrons. The molecule has 1 atom stereocenters. The Bertz CT molecular complexity index is 1370. The van der Waals surface area contributed by atoms with Crippen LogP contribution in [0, 0.1) is 0 Å². The van der Waals surface area contributed by atoms with E-state index in [-0.39, 0.29) is 10.4 Å². The van der Waals surface area contributed by atoms with Crippen LogP contribution in [0.25, 0.3) is 10.8 Å². The molecule has 1 unspecified atom stereocenters. The summed E-state index contributed by atoms with van der Waals surface area (Å²) >= 11 is 3.06. The number of carbonyl (C=O) groups excluding carboxylic acids is 1. The van der Waals surface area contributed by atoms with Gasteiger partial charge in [-0.2, -0.15) is 23.4 Å². The standard InChI is InChI=1S/C24H21BrF3N5O/c1-14(33-21(16-9-10-16)20(25)22(31-33)24(26,27)28)23(34)29-19-11-12-32(30-19)13-17-7-4-6-15-5-2-3-8-18(15)17/h2-8,11-12,14,16H,9-10,13H2,1H3,(H,29,30,34). The number of anilines is 1. The lowest BCUT2D eigenvalue weighted by Gasteiger charge is -2.15. The van der Waals surface area contributed by atoms with Crippen LogP contribution < -0.4 is 5.32 Å². The number of nitrogens with one attached hydrogen (secondary N) is 1. The molecular weight excluding hydrogens is 511 g/mol. The predicted molar refractivity (Wildman–Crippen MR) is 126 cm³/mol. The van der Waals surface area contributed by atoms with Crippen molar-refractivity contribution in [2.24, 2.45) is 0 Å². The monoisotopic (exact) mass is 531 g/mol. The maximum Gasteiger partial charge on any atom is 0.436 e. The second-order valence-corrected chi connectivity index (χ2v) is 9.26. The van der Waals surface area contributed by atoms with Gasteiger partial charge < -0.3 is 5.32 Å². The number of fused-ring (bicyclic) bond motifs is 1. The lowest BCUT2D eigenvalue weighted by molar-refractivity contribution is -0.142. The molecule has 1 N–H and O–H groups in total. The first-order valence-corrected chi connectivity index (χ1v) is 11.7. The number of amides is 1. The van der Waals surface area contributed by atoms with Crippen LogP contribution in [0.1, 0.15) is 48.7 Å². The van der Waals surface area contributed by atoms with Gasteiger partial charge in [0, 0.05) is 18.2 Å². The topological polar surface area (TPSA) is 64.7 Å². The van der Waals surface area contributed by atoms with Crippen molar-refractivity contribution in [3.05, 3.63) is 76.2 Å². The number of aromatic nitrogens is 4. The van der Waals surface area contributed by atoms with E-state index in [1.165, 1.54) is 11.6 Å². The molecular formula is C24H21BrF3N5O. The first-order chi connectivity index (χ1) is 16.2. The fraction of sp³-hybridized carbons (Fsp3) is 0.292. The van der Waals surface area contributed by atoms with Crippen molar-refractivity contribution in [3.8, 4) is 0 Å². The molecule has 4 aromatic rings. The molecule has 0 spiro atoms. The number of benzene rings is 2.